The Hall–Kier alpha value is -3.41. The first-order chi connectivity index (χ1) is 16.7. The fraction of sp³-hybridized carbons (Fsp3) is 0.136. The topological polar surface area (TPSA) is 129 Å². The minimum atomic E-state index is -0.728. The second-order valence-electron chi connectivity index (χ2n) is 6.87. The summed E-state index contributed by atoms with van der Waals surface area (Å²) in [6, 6.07) is 11.7. The van der Waals surface area contributed by atoms with Crippen LogP contribution in [0.2, 0.25) is 10.0 Å². The van der Waals surface area contributed by atoms with Crippen LogP contribution in [0.25, 0.3) is 0 Å². The van der Waals surface area contributed by atoms with E-state index in [2.05, 4.69) is 26.5 Å². The molecular formula is C22H17BrCl2N4O6. The SMILES string of the molecule is CCOc1cc(/C=N/Nc2ccc([N+](=O)[O-])cc2[N+](=O)[O-])cc(Br)c1OCc1ccc(Cl)cc1Cl. The summed E-state index contributed by atoms with van der Waals surface area (Å²) < 4.78 is 12.2. The number of nitrogens with zero attached hydrogens (tertiary/aromatic N) is 3. The Balaban J connectivity index is 1.81. The van der Waals surface area contributed by atoms with Crippen molar-refractivity contribution in [1.82, 2.24) is 0 Å². The number of hydrogen-bond acceptors (Lipinski definition) is 8. The molecule has 0 heterocycles. The van der Waals surface area contributed by atoms with Gasteiger partial charge in [0.2, 0.25) is 0 Å². The quantitative estimate of drug-likeness (QED) is 0.154. The van der Waals surface area contributed by atoms with Crippen molar-refractivity contribution in [3.63, 3.8) is 0 Å². The third-order valence-electron chi connectivity index (χ3n) is 4.51. The van der Waals surface area contributed by atoms with Crippen LogP contribution >= 0.6 is 39.1 Å². The van der Waals surface area contributed by atoms with Crippen LogP contribution in [0, 0.1) is 20.2 Å². The number of hydrogen-bond donors (Lipinski definition) is 1. The van der Waals surface area contributed by atoms with Crippen molar-refractivity contribution in [2.75, 3.05) is 12.0 Å². The molecule has 0 aliphatic rings. The molecule has 0 radical (unpaired) electrons. The summed E-state index contributed by atoms with van der Waals surface area (Å²) in [6.07, 6.45) is 1.41. The summed E-state index contributed by atoms with van der Waals surface area (Å²) in [7, 11) is 0. The fourth-order valence-electron chi connectivity index (χ4n) is 2.91. The molecule has 0 spiro atoms. The van der Waals surface area contributed by atoms with E-state index < -0.39 is 21.2 Å². The highest BCUT2D eigenvalue weighted by atomic mass is 79.9. The van der Waals surface area contributed by atoms with Crippen molar-refractivity contribution < 1.29 is 19.3 Å². The van der Waals surface area contributed by atoms with Crippen molar-refractivity contribution in [1.29, 1.82) is 0 Å². The molecule has 0 aliphatic carbocycles. The number of anilines is 1. The lowest BCUT2D eigenvalue weighted by atomic mass is 10.2. The summed E-state index contributed by atoms with van der Waals surface area (Å²) in [5.41, 5.74) is 3.01. The van der Waals surface area contributed by atoms with Crippen molar-refractivity contribution in [3.8, 4) is 11.5 Å². The van der Waals surface area contributed by atoms with Gasteiger partial charge in [0, 0.05) is 21.7 Å². The Labute approximate surface area is 217 Å². The largest absolute Gasteiger partial charge is 0.490 e. The van der Waals surface area contributed by atoms with Gasteiger partial charge in [-0.2, -0.15) is 5.10 Å². The average molecular weight is 584 g/mol. The number of ether oxygens (including phenoxy) is 2. The number of nitrogens with one attached hydrogen (secondary N) is 1. The van der Waals surface area contributed by atoms with E-state index in [-0.39, 0.29) is 12.3 Å². The van der Waals surface area contributed by atoms with E-state index in [1.165, 1.54) is 12.3 Å². The summed E-state index contributed by atoms with van der Waals surface area (Å²) in [6.45, 7) is 2.37. The molecule has 0 atom stereocenters. The second-order valence-corrected chi connectivity index (χ2v) is 8.57. The molecule has 3 aromatic carbocycles. The molecule has 182 valence electrons. The highest BCUT2D eigenvalue weighted by Crippen LogP contribution is 2.38. The predicted molar refractivity (Wildman–Crippen MR) is 137 cm³/mol. The van der Waals surface area contributed by atoms with Crippen molar-refractivity contribution in [2.45, 2.75) is 13.5 Å². The Kier molecular flexibility index (Phi) is 8.85. The lowest BCUT2D eigenvalue weighted by Gasteiger charge is -2.15. The van der Waals surface area contributed by atoms with Crippen molar-refractivity contribution in [3.05, 3.63) is 94.4 Å². The minimum absolute atomic E-state index is 0.000689. The minimum Gasteiger partial charge on any atom is -0.490 e. The van der Waals surface area contributed by atoms with E-state index in [1.54, 1.807) is 30.3 Å². The molecule has 3 rings (SSSR count). The Morgan fingerprint density at radius 2 is 1.83 bits per heavy atom. The summed E-state index contributed by atoms with van der Waals surface area (Å²) in [5, 5.41) is 27.2. The summed E-state index contributed by atoms with van der Waals surface area (Å²) >= 11 is 15.6. The molecular weight excluding hydrogens is 567 g/mol. The van der Waals surface area contributed by atoms with Gasteiger partial charge in [-0.1, -0.05) is 29.3 Å². The average Bonchev–Trinajstić information content (AvgIpc) is 2.79. The maximum absolute atomic E-state index is 11.3. The molecule has 0 unspecified atom stereocenters. The number of nitro benzene ring substituents is 2. The number of rotatable bonds is 10. The van der Waals surface area contributed by atoms with Crippen LogP contribution in [-0.4, -0.2) is 22.7 Å². The number of nitro groups is 2. The van der Waals surface area contributed by atoms with Crippen LogP contribution < -0.4 is 14.9 Å². The molecule has 13 heteroatoms. The number of halogens is 3. The molecule has 0 saturated carbocycles. The first-order valence-corrected chi connectivity index (χ1v) is 11.5. The van der Waals surface area contributed by atoms with Crippen LogP contribution in [0.5, 0.6) is 11.5 Å². The van der Waals surface area contributed by atoms with Crippen LogP contribution in [-0.2, 0) is 6.61 Å². The van der Waals surface area contributed by atoms with Gasteiger partial charge in [-0.3, -0.25) is 25.7 Å². The van der Waals surface area contributed by atoms with Crippen LogP contribution in [0.4, 0.5) is 17.1 Å². The Morgan fingerprint density at radius 1 is 1.06 bits per heavy atom. The zero-order valence-corrected chi connectivity index (χ0v) is 21.1. The molecule has 3 aromatic rings. The lowest BCUT2D eigenvalue weighted by molar-refractivity contribution is -0.393. The Morgan fingerprint density at radius 3 is 2.49 bits per heavy atom. The molecule has 0 aromatic heterocycles. The lowest BCUT2D eigenvalue weighted by Crippen LogP contribution is -2.02. The number of non-ortho nitro benzene ring substituents is 1. The molecule has 0 amide bonds. The smallest absolute Gasteiger partial charge is 0.301 e. The molecule has 35 heavy (non-hydrogen) atoms. The standard InChI is InChI=1S/C22H17BrCl2N4O6/c1-2-34-21-8-13(7-17(23)22(21)35-12-14-3-4-15(24)9-18(14)25)11-26-27-19-6-5-16(28(30)31)10-20(19)29(32)33/h3-11,27H,2,12H2,1H3/b26-11+. The van der Waals surface area contributed by atoms with Gasteiger partial charge in [0.05, 0.1) is 33.2 Å². The van der Waals surface area contributed by atoms with Gasteiger partial charge in [-0.15, -0.1) is 0 Å². The van der Waals surface area contributed by atoms with Gasteiger partial charge in [0.1, 0.15) is 12.3 Å². The summed E-state index contributed by atoms with van der Waals surface area (Å²) in [4.78, 5) is 20.7. The van der Waals surface area contributed by atoms with Gasteiger partial charge in [0.15, 0.2) is 11.5 Å². The van der Waals surface area contributed by atoms with E-state index in [9.17, 15) is 20.2 Å². The first-order valence-electron chi connectivity index (χ1n) is 9.94. The normalized spacial score (nSPS) is 10.9. The molecule has 10 nitrogen and oxygen atoms in total. The predicted octanol–water partition coefficient (Wildman–Crippen LogP) is 7.00. The van der Waals surface area contributed by atoms with Crippen LogP contribution in [0.3, 0.4) is 0 Å². The number of benzene rings is 3. The third kappa shape index (κ3) is 6.81. The van der Waals surface area contributed by atoms with E-state index in [4.69, 9.17) is 32.7 Å². The van der Waals surface area contributed by atoms with E-state index in [0.29, 0.717) is 38.2 Å². The van der Waals surface area contributed by atoms with E-state index >= 15 is 0 Å². The third-order valence-corrected chi connectivity index (χ3v) is 5.68. The molecule has 0 bridgehead atoms. The maximum Gasteiger partial charge on any atom is 0.301 e. The van der Waals surface area contributed by atoms with E-state index in [1.807, 2.05) is 6.92 Å². The second kappa shape index (κ2) is 11.8. The Bertz CT molecular complexity index is 1310. The first kappa shape index (κ1) is 26.2. The van der Waals surface area contributed by atoms with Gasteiger partial charge >= 0.3 is 5.69 Å². The van der Waals surface area contributed by atoms with E-state index in [0.717, 1.165) is 17.7 Å². The van der Waals surface area contributed by atoms with Gasteiger partial charge in [-0.25, -0.2) is 0 Å². The zero-order chi connectivity index (χ0) is 25.5. The monoisotopic (exact) mass is 582 g/mol. The molecule has 0 saturated heterocycles. The zero-order valence-electron chi connectivity index (χ0n) is 18.0. The number of hydrazone groups is 1. The maximum atomic E-state index is 11.3. The highest BCUT2D eigenvalue weighted by molar-refractivity contribution is 9.10. The van der Waals surface area contributed by atoms with Crippen LogP contribution in [0.15, 0.2) is 58.1 Å². The summed E-state index contributed by atoms with van der Waals surface area (Å²) in [5.74, 6) is 0.892. The fourth-order valence-corrected chi connectivity index (χ4v) is 3.95. The van der Waals surface area contributed by atoms with Gasteiger partial charge in [-0.05, 0) is 58.7 Å². The van der Waals surface area contributed by atoms with Gasteiger partial charge < -0.3 is 9.47 Å². The molecule has 0 fully saturated rings. The van der Waals surface area contributed by atoms with Crippen molar-refractivity contribution in [2.24, 2.45) is 5.10 Å². The van der Waals surface area contributed by atoms with Crippen LogP contribution in [0.1, 0.15) is 18.1 Å². The van der Waals surface area contributed by atoms with Crippen molar-refractivity contribution >= 4 is 62.4 Å². The highest BCUT2D eigenvalue weighted by Gasteiger charge is 2.19. The molecule has 0 aliphatic heterocycles. The molecule has 1 N–H and O–H groups in total. The van der Waals surface area contributed by atoms with Gasteiger partial charge in [0.25, 0.3) is 5.69 Å².